The molecule has 18 heavy (non-hydrogen) atoms. The summed E-state index contributed by atoms with van der Waals surface area (Å²) in [6.07, 6.45) is 2.08. The Hall–Kier alpha value is -1.26. The average Bonchev–Trinajstić information content (AvgIpc) is 2.13. The normalized spacial score (nSPS) is 28.6. The first-order valence-electron chi connectivity index (χ1n) is 6.39. The van der Waals surface area contributed by atoms with Crippen molar-refractivity contribution in [1.29, 1.82) is 0 Å². The van der Waals surface area contributed by atoms with Gasteiger partial charge in [-0.3, -0.25) is 0 Å². The number of alkyl carbamates (subject to hydrolysis) is 1. The maximum Gasteiger partial charge on any atom is 0.408 e. The fourth-order valence-electron chi connectivity index (χ4n) is 2.41. The summed E-state index contributed by atoms with van der Waals surface area (Å²) >= 11 is 0. The minimum Gasteiger partial charge on any atom is -0.480 e. The van der Waals surface area contributed by atoms with E-state index in [0.29, 0.717) is 18.8 Å². The van der Waals surface area contributed by atoms with Crippen LogP contribution in [0.5, 0.6) is 0 Å². The molecule has 2 N–H and O–H groups in total. The number of ether oxygens (including phenoxy) is 1. The number of carbonyl (C=O) groups excluding carboxylic acids is 1. The minimum atomic E-state index is -1.17. The van der Waals surface area contributed by atoms with Crippen LogP contribution in [-0.2, 0) is 9.53 Å². The molecule has 2 atom stereocenters. The number of carbonyl (C=O) groups is 2. The van der Waals surface area contributed by atoms with Gasteiger partial charge in [0.25, 0.3) is 0 Å². The van der Waals surface area contributed by atoms with E-state index < -0.39 is 23.2 Å². The molecule has 0 aromatic rings. The van der Waals surface area contributed by atoms with E-state index in [1.165, 1.54) is 0 Å². The number of carboxylic acid groups (broad SMARTS) is 1. The molecule has 0 radical (unpaired) electrons. The average molecular weight is 257 g/mol. The van der Waals surface area contributed by atoms with Crippen molar-refractivity contribution in [3.63, 3.8) is 0 Å². The van der Waals surface area contributed by atoms with Crippen molar-refractivity contribution in [2.45, 2.75) is 64.5 Å². The summed E-state index contributed by atoms with van der Waals surface area (Å²) in [5.74, 6) is -0.676. The Morgan fingerprint density at radius 1 is 1.39 bits per heavy atom. The van der Waals surface area contributed by atoms with Gasteiger partial charge in [-0.2, -0.15) is 0 Å². The molecule has 0 unspecified atom stereocenters. The van der Waals surface area contributed by atoms with Crippen LogP contribution < -0.4 is 5.32 Å². The smallest absolute Gasteiger partial charge is 0.408 e. The first-order valence-corrected chi connectivity index (χ1v) is 6.39. The van der Waals surface area contributed by atoms with E-state index in [4.69, 9.17) is 4.74 Å². The number of amides is 1. The molecule has 5 nitrogen and oxygen atoms in total. The predicted molar refractivity (Wildman–Crippen MR) is 67.4 cm³/mol. The van der Waals surface area contributed by atoms with Crippen LogP contribution in [0.15, 0.2) is 0 Å². The zero-order valence-corrected chi connectivity index (χ0v) is 11.6. The summed E-state index contributed by atoms with van der Waals surface area (Å²) in [6.45, 7) is 7.27. The molecular formula is C13H23NO4. The largest absolute Gasteiger partial charge is 0.480 e. The van der Waals surface area contributed by atoms with Crippen molar-refractivity contribution < 1.29 is 19.4 Å². The van der Waals surface area contributed by atoms with Crippen LogP contribution in [0.25, 0.3) is 0 Å². The number of nitrogens with one attached hydrogen (secondary N) is 1. The first-order chi connectivity index (χ1) is 8.15. The van der Waals surface area contributed by atoms with Crippen molar-refractivity contribution in [2.75, 3.05) is 0 Å². The third-order valence-corrected chi connectivity index (χ3v) is 3.15. The lowest BCUT2D eigenvalue weighted by molar-refractivity contribution is -0.147. The molecule has 1 saturated carbocycles. The van der Waals surface area contributed by atoms with E-state index in [0.717, 1.165) is 12.8 Å². The second-order valence-corrected chi connectivity index (χ2v) is 6.22. The molecule has 104 valence electrons. The van der Waals surface area contributed by atoms with Gasteiger partial charge in [-0.25, -0.2) is 9.59 Å². The van der Waals surface area contributed by atoms with Crippen molar-refractivity contribution in [3.05, 3.63) is 0 Å². The van der Waals surface area contributed by atoms with Crippen LogP contribution in [-0.4, -0.2) is 28.3 Å². The standard InChI is InChI=1S/C13H23NO4/c1-9-6-5-7-13(8-9,10(15)16)14-11(17)18-12(2,3)4/h9H,5-8H2,1-4H3,(H,14,17)(H,15,16)/t9-,13+/m1/s1. The zero-order chi connectivity index (χ0) is 14.0. The molecule has 0 spiro atoms. The summed E-state index contributed by atoms with van der Waals surface area (Å²) in [7, 11) is 0. The van der Waals surface area contributed by atoms with Crippen molar-refractivity contribution in [1.82, 2.24) is 5.32 Å². The van der Waals surface area contributed by atoms with Gasteiger partial charge in [-0.05, 0) is 39.5 Å². The third kappa shape index (κ3) is 3.89. The fraction of sp³-hybridized carbons (Fsp3) is 0.846. The molecule has 5 heteroatoms. The van der Waals surface area contributed by atoms with Crippen LogP contribution in [0.1, 0.15) is 53.4 Å². The lowest BCUT2D eigenvalue weighted by Gasteiger charge is -2.37. The van der Waals surface area contributed by atoms with Gasteiger partial charge in [-0.1, -0.05) is 19.8 Å². The van der Waals surface area contributed by atoms with Crippen molar-refractivity contribution >= 4 is 12.1 Å². The van der Waals surface area contributed by atoms with E-state index in [-0.39, 0.29) is 0 Å². The third-order valence-electron chi connectivity index (χ3n) is 3.15. The summed E-state index contributed by atoms with van der Waals surface area (Å²) in [5.41, 5.74) is -1.79. The number of rotatable bonds is 2. The maximum absolute atomic E-state index is 11.7. The molecule has 1 amide bonds. The van der Waals surface area contributed by atoms with Gasteiger partial charge in [0.15, 0.2) is 0 Å². The van der Waals surface area contributed by atoms with Crippen LogP contribution in [0.3, 0.4) is 0 Å². The molecule has 1 fully saturated rings. The molecular weight excluding hydrogens is 234 g/mol. The van der Waals surface area contributed by atoms with Gasteiger partial charge in [-0.15, -0.1) is 0 Å². The van der Waals surface area contributed by atoms with Gasteiger partial charge in [0.1, 0.15) is 11.1 Å². The molecule has 0 aromatic heterocycles. The Morgan fingerprint density at radius 2 is 2.00 bits per heavy atom. The zero-order valence-electron chi connectivity index (χ0n) is 11.6. The van der Waals surface area contributed by atoms with E-state index >= 15 is 0 Å². The molecule has 1 rings (SSSR count). The highest BCUT2D eigenvalue weighted by molar-refractivity contribution is 5.84. The van der Waals surface area contributed by atoms with E-state index in [9.17, 15) is 14.7 Å². The van der Waals surface area contributed by atoms with Crippen molar-refractivity contribution in [2.24, 2.45) is 5.92 Å². The molecule has 1 aliphatic carbocycles. The Kier molecular flexibility index (Phi) is 4.24. The molecule has 0 aromatic carbocycles. The topological polar surface area (TPSA) is 75.6 Å². The van der Waals surface area contributed by atoms with Gasteiger partial charge in [0.2, 0.25) is 0 Å². The Balaban J connectivity index is 2.74. The SMILES string of the molecule is C[C@@H]1CCC[C@@](NC(=O)OC(C)(C)C)(C(=O)O)C1. The number of aliphatic carboxylic acids is 1. The van der Waals surface area contributed by atoms with Gasteiger partial charge >= 0.3 is 12.1 Å². The molecule has 0 saturated heterocycles. The van der Waals surface area contributed by atoms with Crippen LogP contribution >= 0.6 is 0 Å². The Morgan fingerprint density at radius 3 is 2.44 bits per heavy atom. The quantitative estimate of drug-likeness (QED) is 0.797. The molecule has 0 bridgehead atoms. The highest BCUT2D eigenvalue weighted by Crippen LogP contribution is 2.32. The van der Waals surface area contributed by atoms with Crippen LogP contribution in [0.2, 0.25) is 0 Å². The summed E-state index contributed by atoms with van der Waals surface area (Å²) in [5, 5.41) is 11.9. The molecule has 1 aliphatic rings. The van der Waals surface area contributed by atoms with E-state index in [1.54, 1.807) is 20.8 Å². The highest BCUT2D eigenvalue weighted by atomic mass is 16.6. The fourth-order valence-corrected chi connectivity index (χ4v) is 2.41. The number of hydrogen-bond acceptors (Lipinski definition) is 3. The van der Waals surface area contributed by atoms with Crippen LogP contribution in [0, 0.1) is 5.92 Å². The molecule has 0 aliphatic heterocycles. The maximum atomic E-state index is 11.7. The van der Waals surface area contributed by atoms with E-state index in [2.05, 4.69) is 5.32 Å². The Bertz CT molecular complexity index is 334. The van der Waals surface area contributed by atoms with Gasteiger partial charge in [0, 0.05) is 0 Å². The lowest BCUT2D eigenvalue weighted by Crippen LogP contribution is -2.57. The summed E-state index contributed by atoms with van der Waals surface area (Å²) in [4.78, 5) is 23.2. The second-order valence-electron chi connectivity index (χ2n) is 6.22. The monoisotopic (exact) mass is 257 g/mol. The summed E-state index contributed by atoms with van der Waals surface area (Å²) < 4.78 is 5.14. The first kappa shape index (κ1) is 14.8. The number of hydrogen-bond donors (Lipinski definition) is 2. The van der Waals surface area contributed by atoms with E-state index in [1.807, 2.05) is 6.92 Å². The number of carboxylic acids is 1. The van der Waals surface area contributed by atoms with Crippen molar-refractivity contribution in [3.8, 4) is 0 Å². The second kappa shape index (κ2) is 5.16. The van der Waals surface area contributed by atoms with Gasteiger partial charge < -0.3 is 15.2 Å². The van der Waals surface area contributed by atoms with Crippen LogP contribution in [0.4, 0.5) is 4.79 Å². The predicted octanol–water partition coefficient (Wildman–Crippen LogP) is 2.54. The molecule has 0 heterocycles. The lowest BCUT2D eigenvalue weighted by atomic mass is 9.76. The summed E-state index contributed by atoms with van der Waals surface area (Å²) in [6, 6.07) is 0. The Labute approximate surface area is 108 Å². The highest BCUT2D eigenvalue weighted by Gasteiger charge is 2.44. The minimum absolute atomic E-state index is 0.296. The van der Waals surface area contributed by atoms with Gasteiger partial charge in [0.05, 0.1) is 0 Å².